The minimum absolute atomic E-state index is 0.491. The summed E-state index contributed by atoms with van der Waals surface area (Å²) < 4.78 is 0. The molecule has 3 atom stereocenters. The Balaban J connectivity index is 2.21. The third-order valence-electron chi connectivity index (χ3n) is 3.05. The summed E-state index contributed by atoms with van der Waals surface area (Å²) in [5.41, 5.74) is 5.51. The molecule has 3 unspecified atom stereocenters. The topological polar surface area (TPSA) is 29.3 Å². The quantitative estimate of drug-likeness (QED) is 0.684. The molecule has 1 saturated carbocycles. The van der Waals surface area contributed by atoms with Gasteiger partial charge in [-0.25, -0.2) is 0 Å². The molecule has 0 heterocycles. The van der Waals surface area contributed by atoms with Crippen LogP contribution in [0.15, 0.2) is 0 Å². The number of hydrogen-bond donors (Lipinski definition) is 1. The minimum atomic E-state index is 0.491. The highest BCUT2D eigenvalue weighted by Gasteiger charge is 2.33. The van der Waals surface area contributed by atoms with Crippen LogP contribution in [0.2, 0.25) is 0 Å². The molecule has 13 heavy (non-hydrogen) atoms. The van der Waals surface area contributed by atoms with Crippen LogP contribution in [-0.4, -0.2) is 29.5 Å². The molecule has 0 saturated heterocycles. The van der Waals surface area contributed by atoms with Gasteiger partial charge in [0.1, 0.15) is 0 Å². The largest absolute Gasteiger partial charge is 0.393 e. The molecule has 2 nitrogen and oxygen atoms in total. The van der Waals surface area contributed by atoms with Gasteiger partial charge >= 0.3 is 0 Å². The molecular weight excluding hydrogens is 180 g/mol. The van der Waals surface area contributed by atoms with Crippen molar-refractivity contribution in [3.8, 4) is 0 Å². The van der Waals surface area contributed by atoms with E-state index in [0.29, 0.717) is 11.0 Å². The molecule has 0 aromatic heterocycles. The highest BCUT2D eigenvalue weighted by Crippen LogP contribution is 2.38. The van der Waals surface area contributed by atoms with E-state index in [9.17, 15) is 0 Å². The van der Waals surface area contributed by atoms with Crippen LogP contribution in [-0.2, 0) is 0 Å². The molecular formula is C10H20N2S. The predicted molar refractivity (Wildman–Crippen MR) is 60.8 cm³/mol. The van der Waals surface area contributed by atoms with Crippen LogP contribution in [0.5, 0.6) is 0 Å². The first-order valence-corrected chi connectivity index (χ1v) is 5.40. The van der Waals surface area contributed by atoms with E-state index < -0.39 is 0 Å². The predicted octanol–water partition coefficient (Wildman–Crippen LogP) is 1.64. The van der Waals surface area contributed by atoms with Gasteiger partial charge in [-0.05, 0) is 32.2 Å². The summed E-state index contributed by atoms with van der Waals surface area (Å²) in [6, 6.07) is 0.491. The second-order valence-corrected chi connectivity index (χ2v) is 4.96. The van der Waals surface area contributed by atoms with Crippen molar-refractivity contribution in [1.82, 2.24) is 4.90 Å². The number of nitrogens with zero attached hydrogens (tertiary/aromatic N) is 1. The summed E-state index contributed by atoms with van der Waals surface area (Å²) in [4.78, 5) is 3.00. The lowest BCUT2D eigenvalue weighted by molar-refractivity contribution is 0.249. The van der Waals surface area contributed by atoms with Crippen LogP contribution in [0, 0.1) is 11.8 Å². The van der Waals surface area contributed by atoms with E-state index in [0.717, 1.165) is 18.3 Å². The van der Waals surface area contributed by atoms with Gasteiger partial charge in [0.05, 0.1) is 4.99 Å². The Bertz CT molecular complexity index is 193. The van der Waals surface area contributed by atoms with E-state index in [2.05, 4.69) is 25.8 Å². The Kier molecular flexibility index (Phi) is 3.68. The highest BCUT2D eigenvalue weighted by molar-refractivity contribution is 7.80. The molecule has 0 spiro atoms. The van der Waals surface area contributed by atoms with Crippen LogP contribution >= 0.6 is 12.2 Å². The van der Waals surface area contributed by atoms with Crippen LogP contribution in [0.25, 0.3) is 0 Å². The summed E-state index contributed by atoms with van der Waals surface area (Å²) in [5.74, 6) is 1.85. The Morgan fingerprint density at radius 2 is 2.23 bits per heavy atom. The van der Waals surface area contributed by atoms with E-state index in [1.54, 1.807) is 0 Å². The van der Waals surface area contributed by atoms with Gasteiger partial charge < -0.3 is 10.6 Å². The molecule has 2 N–H and O–H groups in total. The lowest BCUT2D eigenvalue weighted by Gasteiger charge is -2.24. The molecule has 0 aliphatic heterocycles. The molecule has 0 bridgehead atoms. The smallest absolute Gasteiger partial charge is 0.0742 e. The van der Waals surface area contributed by atoms with Crippen molar-refractivity contribution in [2.45, 2.75) is 32.7 Å². The number of nitrogens with two attached hydrogens (primary N) is 1. The van der Waals surface area contributed by atoms with E-state index in [1.165, 1.54) is 13.0 Å². The lowest BCUT2D eigenvalue weighted by Crippen LogP contribution is -2.34. The fourth-order valence-electron chi connectivity index (χ4n) is 1.65. The van der Waals surface area contributed by atoms with Crippen LogP contribution in [0.1, 0.15) is 26.7 Å². The Labute approximate surface area is 86.5 Å². The van der Waals surface area contributed by atoms with Gasteiger partial charge in [-0.15, -0.1) is 0 Å². The molecule has 0 aromatic carbocycles. The summed E-state index contributed by atoms with van der Waals surface area (Å²) in [6.45, 7) is 5.70. The molecule has 76 valence electrons. The van der Waals surface area contributed by atoms with Gasteiger partial charge in [-0.1, -0.05) is 19.1 Å². The zero-order chi connectivity index (χ0) is 10.0. The zero-order valence-corrected chi connectivity index (χ0v) is 9.60. The average Bonchev–Trinajstić information content (AvgIpc) is 2.64. The Hall–Kier alpha value is -0.150. The van der Waals surface area contributed by atoms with Gasteiger partial charge in [-0.3, -0.25) is 0 Å². The Morgan fingerprint density at radius 1 is 1.69 bits per heavy atom. The first-order chi connectivity index (χ1) is 6.00. The summed E-state index contributed by atoms with van der Waals surface area (Å²) in [7, 11) is 2.16. The zero-order valence-electron chi connectivity index (χ0n) is 8.79. The molecule has 1 rings (SSSR count). The van der Waals surface area contributed by atoms with E-state index in [4.69, 9.17) is 18.0 Å². The van der Waals surface area contributed by atoms with Gasteiger partial charge in [0.2, 0.25) is 0 Å². The van der Waals surface area contributed by atoms with Crippen molar-refractivity contribution in [1.29, 1.82) is 0 Å². The average molecular weight is 200 g/mol. The van der Waals surface area contributed by atoms with E-state index in [-0.39, 0.29) is 0 Å². The van der Waals surface area contributed by atoms with Crippen molar-refractivity contribution in [2.24, 2.45) is 17.6 Å². The number of rotatable bonds is 5. The van der Waals surface area contributed by atoms with Crippen molar-refractivity contribution >= 4 is 17.2 Å². The standard InChI is InChI=1S/C10H20N2S/c1-7-4-9(7)6-12(3)8(2)5-10(11)13/h7-9H,4-6H2,1-3H3,(H2,11,13). The normalized spacial score (nSPS) is 28.9. The lowest BCUT2D eigenvalue weighted by atomic mass is 10.2. The highest BCUT2D eigenvalue weighted by atomic mass is 32.1. The van der Waals surface area contributed by atoms with Gasteiger partial charge in [0.25, 0.3) is 0 Å². The van der Waals surface area contributed by atoms with E-state index in [1.807, 2.05) is 0 Å². The summed E-state index contributed by atoms with van der Waals surface area (Å²) in [6.07, 6.45) is 2.23. The molecule has 3 heteroatoms. The minimum Gasteiger partial charge on any atom is -0.393 e. The van der Waals surface area contributed by atoms with Crippen molar-refractivity contribution in [3.05, 3.63) is 0 Å². The van der Waals surface area contributed by atoms with Gasteiger partial charge in [0.15, 0.2) is 0 Å². The molecule has 0 aromatic rings. The maximum absolute atomic E-state index is 5.51. The van der Waals surface area contributed by atoms with Crippen molar-refractivity contribution in [3.63, 3.8) is 0 Å². The third kappa shape index (κ3) is 3.61. The molecule has 1 fully saturated rings. The van der Waals surface area contributed by atoms with Crippen LogP contribution in [0.3, 0.4) is 0 Å². The first-order valence-electron chi connectivity index (χ1n) is 4.99. The first kappa shape index (κ1) is 10.9. The molecule has 0 radical (unpaired) electrons. The van der Waals surface area contributed by atoms with Gasteiger partial charge in [-0.2, -0.15) is 0 Å². The molecule has 1 aliphatic rings. The maximum atomic E-state index is 5.51. The molecule has 0 amide bonds. The fraction of sp³-hybridized carbons (Fsp3) is 0.900. The van der Waals surface area contributed by atoms with Crippen molar-refractivity contribution < 1.29 is 0 Å². The Morgan fingerprint density at radius 3 is 2.62 bits per heavy atom. The second-order valence-electron chi connectivity index (χ2n) is 4.43. The summed E-state index contributed by atoms with van der Waals surface area (Å²) >= 11 is 4.89. The number of thiocarbonyl (C=S) groups is 1. The van der Waals surface area contributed by atoms with E-state index >= 15 is 0 Å². The fourth-order valence-corrected chi connectivity index (χ4v) is 1.89. The van der Waals surface area contributed by atoms with Gasteiger partial charge in [0, 0.05) is 19.0 Å². The van der Waals surface area contributed by atoms with Crippen LogP contribution in [0.4, 0.5) is 0 Å². The summed E-state index contributed by atoms with van der Waals surface area (Å²) in [5, 5.41) is 0. The van der Waals surface area contributed by atoms with Crippen LogP contribution < -0.4 is 5.73 Å². The van der Waals surface area contributed by atoms with Crippen molar-refractivity contribution in [2.75, 3.05) is 13.6 Å². The SMILES string of the molecule is CC1CC1CN(C)C(C)CC(N)=S. The number of hydrogen-bond acceptors (Lipinski definition) is 2. The second kappa shape index (κ2) is 4.38. The maximum Gasteiger partial charge on any atom is 0.0742 e. The molecule has 1 aliphatic carbocycles. The third-order valence-corrected chi connectivity index (χ3v) is 3.21. The monoisotopic (exact) mass is 200 g/mol.